The smallest absolute Gasteiger partial charge is 0.317 e. The van der Waals surface area contributed by atoms with E-state index < -0.39 is 11.6 Å². The van der Waals surface area contributed by atoms with Crippen LogP contribution in [0.1, 0.15) is 30.9 Å². The molecule has 0 unspecified atom stereocenters. The molecule has 2 aliphatic rings. The summed E-state index contributed by atoms with van der Waals surface area (Å²) in [6, 6.07) is 5.00. The van der Waals surface area contributed by atoms with Crippen LogP contribution >= 0.6 is 12.2 Å². The fourth-order valence-corrected chi connectivity index (χ4v) is 5.08. The number of rotatable bonds is 4. The van der Waals surface area contributed by atoms with Crippen LogP contribution in [0.5, 0.6) is 0 Å². The van der Waals surface area contributed by atoms with Crippen LogP contribution in [0, 0.1) is 11.6 Å². The summed E-state index contributed by atoms with van der Waals surface area (Å²) in [6.07, 6.45) is 5.81. The third-order valence-electron chi connectivity index (χ3n) is 6.67. The van der Waals surface area contributed by atoms with E-state index in [0.717, 1.165) is 25.5 Å². The lowest BCUT2D eigenvalue weighted by atomic mass is 10.0. The number of benzene rings is 1. The lowest BCUT2D eigenvalue weighted by Gasteiger charge is -2.26. The Morgan fingerprint density at radius 1 is 1.19 bits per heavy atom. The molecule has 2 amide bonds. The minimum atomic E-state index is -0.456. The van der Waals surface area contributed by atoms with E-state index in [-0.39, 0.29) is 18.1 Å². The number of hydrogen-bond acceptors (Lipinski definition) is 5. The zero-order valence-corrected chi connectivity index (χ0v) is 20.9. The van der Waals surface area contributed by atoms with Crippen LogP contribution < -0.4 is 15.5 Å². The maximum atomic E-state index is 14.5. The van der Waals surface area contributed by atoms with E-state index in [0.29, 0.717) is 47.3 Å². The van der Waals surface area contributed by atoms with Crippen molar-refractivity contribution in [2.45, 2.75) is 31.3 Å². The maximum absolute atomic E-state index is 14.5. The summed E-state index contributed by atoms with van der Waals surface area (Å²) in [5.41, 5.74) is 1.57. The van der Waals surface area contributed by atoms with Gasteiger partial charge in [0.1, 0.15) is 23.1 Å². The minimum Gasteiger partial charge on any atom is -0.349 e. The zero-order valence-electron chi connectivity index (χ0n) is 20.1. The van der Waals surface area contributed by atoms with Crippen LogP contribution in [-0.4, -0.2) is 75.3 Å². The number of urea groups is 1. The fraction of sp³-hybridized carbons (Fsp3) is 0.417. The average molecular weight is 515 g/mol. The minimum absolute atomic E-state index is 0.0172. The molecule has 0 saturated carbocycles. The van der Waals surface area contributed by atoms with Gasteiger partial charge in [0.05, 0.1) is 12.2 Å². The number of aromatic nitrogens is 3. The van der Waals surface area contributed by atoms with E-state index in [1.165, 1.54) is 17.0 Å². The van der Waals surface area contributed by atoms with Crippen LogP contribution in [-0.2, 0) is 0 Å². The second-order valence-corrected chi connectivity index (χ2v) is 9.72. The third-order valence-corrected chi connectivity index (χ3v) is 7.03. The van der Waals surface area contributed by atoms with Gasteiger partial charge in [0, 0.05) is 51.5 Å². The molecule has 2 atom stereocenters. The second-order valence-electron chi connectivity index (χ2n) is 9.34. The van der Waals surface area contributed by atoms with Gasteiger partial charge < -0.3 is 25.3 Å². The quantitative estimate of drug-likeness (QED) is 0.517. The highest BCUT2D eigenvalue weighted by Gasteiger charge is 2.30. The first-order valence-electron chi connectivity index (χ1n) is 11.9. The lowest BCUT2D eigenvalue weighted by Crippen LogP contribution is -2.43. The van der Waals surface area contributed by atoms with Gasteiger partial charge in [-0.1, -0.05) is 0 Å². The number of hydrogen-bond donors (Lipinski definition) is 2. The molecule has 0 radical (unpaired) electrons. The SMILES string of the molecule is CN(C)C(=O)N[C@@H]1CCN(C(=S)Nc2cnn3ccc(N4CCC[C@@H]4c4cc(F)ccc4F)nc23)C1. The predicted octanol–water partition coefficient (Wildman–Crippen LogP) is 3.39. The highest BCUT2D eigenvalue weighted by molar-refractivity contribution is 7.80. The topological polar surface area (TPSA) is 81.0 Å². The summed E-state index contributed by atoms with van der Waals surface area (Å²) in [7, 11) is 3.42. The number of halogens is 2. The van der Waals surface area contributed by atoms with E-state index in [2.05, 4.69) is 15.7 Å². The van der Waals surface area contributed by atoms with Crippen molar-refractivity contribution in [2.75, 3.05) is 43.9 Å². The molecule has 190 valence electrons. The normalized spacial score (nSPS) is 19.7. The van der Waals surface area contributed by atoms with Gasteiger partial charge in [0.2, 0.25) is 0 Å². The molecule has 5 rings (SSSR count). The number of thiocarbonyl (C=S) groups is 1. The molecule has 0 aliphatic carbocycles. The molecule has 1 aromatic carbocycles. The van der Waals surface area contributed by atoms with Crippen molar-refractivity contribution >= 4 is 40.5 Å². The number of likely N-dealkylation sites (tertiary alicyclic amines) is 1. The van der Waals surface area contributed by atoms with Crippen molar-refractivity contribution in [1.29, 1.82) is 0 Å². The van der Waals surface area contributed by atoms with Crippen molar-refractivity contribution in [3.05, 3.63) is 53.9 Å². The molecule has 3 aromatic rings. The van der Waals surface area contributed by atoms with E-state index >= 15 is 0 Å². The highest BCUT2D eigenvalue weighted by atomic mass is 32.1. The number of anilines is 2. The van der Waals surface area contributed by atoms with E-state index in [4.69, 9.17) is 17.2 Å². The lowest BCUT2D eigenvalue weighted by molar-refractivity contribution is 0.213. The number of amides is 2. The second kappa shape index (κ2) is 9.84. The summed E-state index contributed by atoms with van der Waals surface area (Å²) >= 11 is 5.63. The first-order chi connectivity index (χ1) is 17.3. The molecular formula is C24H28F2N8OS. The van der Waals surface area contributed by atoms with Gasteiger partial charge in [-0.2, -0.15) is 5.10 Å². The Balaban J connectivity index is 1.32. The Morgan fingerprint density at radius 2 is 2.03 bits per heavy atom. The molecule has 36 heavy (non-hydrogen) atoms. The Bertz CT molecular complexity index is 1300. The Labute approximate surface area is 213 Å². The van der Waals surface area contributed by atoms with Crippen LogP contribution in [0.4, 0.5) is 25.1 Å². The Kier molecular flexibility index (Phi) is 6.61. The molecule has 2 saturated heterocycles. The molecule has 0 spiro atoms. The zero-order chi connectivity index (χ0) is 25.4. The van der Waals surface area contributed by atoms with Gasteiger partial charge in [-0.15, -0.1) is 0 Å². The van der Waals surface area contributed by atoms with E-state index in [9.17, 15) is 13.6 Å². The van der Waals surface area contributed by atoms with Crippen molar-refractivity contribution in [2.24, 2.45) is 0 Å². The number of carbonyl (C=O) groups excluding carboxylic acids is 1. The van der Waals surface area contributed by atoms with Crippen LogP contribution in [0.3, 0.4) is 0 Å². The van der Waals surface area contributed by atoms with Crippen molar-refractivity contribution in [1.82, 2.24) is 29.7 Å². The molecule has 2 N–H and O–H groups in total. The van der Waals surface area contributed by atoms with Crippen molar-refractivity contribution in [3.63, 3.8) is 0 Å². The summed E-state index contributed by atoms with van der Waals surface area (Å²) in [6.45, 7) is 2.02. The molecular weight excluding hydrogens is 486 g/mol. The molecule has 4 heterocycles. The van der Waals surface area contributed by atoms with E-state index in [1.54, 1.807) is 31.0 Å². The average Bonchev–Trinajstić information content (AvgIpc) is 3.60. The maximum Gasteiger partial charge on any atom is 0.317 e. The number of nitrogens with zero attached hydrogens (tertiary/aromatic N) is 6. The first kappa shape index (κ1) is 24.2. The predicted molar refractivity (Wildman–Crippen MR) is 137 cm³/mol. The standard InChI is InChI=1S/C24H28F2N8OS/c1-31(2)23(35)28-16-7-10-32(14-16)24(36)29-19-13-27-34-11-8-21(30-22(19)34)33-9-3-4-20(33)17-12-15(25)5-6-18(17)26/h5-6,8,11-13,16,20H,3-4,7,9-10,14H2,1-2H3,(H,28,35)(H,29,36)/t16-,20-/m1/s1. The molecule has 9 nitrogen and oxygen atoms in total. The number of nitrogens with one attached hydrogen (secondary N) is 2. The molecule has 0 bridgehead atoms. The molecule has 2 fully saturated rings. The Morgan fingerprint density at radius 3 is 2.83 bits per heavy atom. The van der Waals surface area contributed by atoms with Gasteiger partial charge in [0.15, 0.2) is 10.8 Å². The number of fused-ring (bicyclic) bond motifs is 1. The van der Waals surface area contributed by atoms with Gasteiger partial charge in [-0.05, 0) is 55.7 Å². The van der Waals surface area contributed by atoms with Gasteiger partial charge >= 0.3 is 6.03 Å². The molecule has 2 aromatic heterocycles. The van der Waals surface area contributed by atoms with Crippen molar-refractivity contribution in [3.8, 4) is 0 Å². The third kappa shape index (κ3) is 4.77. The summed E-state index contributed by atoms with van der Waals surface area (Å²) in [4.78, 5) is 22.3. The van der Waals surface area contributed by atoms with Gasteiger partial charge in [-0.25, -0.2) is 23.1 Å². The van der Waals surface area contributed by atoms with E-state index in [1.807, 2.05) is 15.9 Å². The van der Waals surface area contributed by atoms with Crippen molar-refractivity contribution < 1.29 is 13.6 Å². The summed E-state index contributed by atoms with van der Waals surface area (Å²) in [5.74, 6) is -0.212. The van der Waals surface area contributed by atoms with Gasteiger partial charge in [0.25, 0.3) is 0 Å². The summed E-state index contributed by atoms with van der Waals surface area (Å²) in [5, 5.41) is 11.1. The van der Waals surface area contributed by atoms with Crippen LogP contribution in [0.25, 0.3) is 5.65 Å². The van der Waals surface area contributed by atoms with Crippen LogP contribution in [0.2, 0.25) is 0 Å². The van der Waals surface area contributed by atoms with Gasteiger partial charge in [-0.3, -0.25) is 0 Å². The fourth-order valence-electron chi connectivity index (χ4n) is 4.80. The summed E-state index contributed by atoms with van der Waals surface area (Å²) < 4.78 is 30.0. The van der Waals surface area contributed by atoms with Crippen LogP contribution in [0.15, 0.2) is 36.7 Å². The molecule has 12 heteroatoms. The number of carbonyl (C=O) groups is 1. The molecule has 2 aliphatic heterocycles. The Hall–Kier alpha value is -3.54. The first-order valence-corrected chi connectivity index (χ1v) is 12.3. The monoisotopic (exact) mass is 514 g/mol. The largest absolute Gasteiger partial charge is 0.349 e. The highest BCUT2D eigenvalue weighted by Crippen LogP contribution is 2.37.